The highest BCUT2D eigenvalue weighted by Crippen LogP contribution is 1.99. The fraction of sp³-hybridized carbons (Fsp3) is 0.200. The van der Waals surface area contributed by atoms with Crippen LogP contribution in [0.5, 0.6) is 0 Å². The molecule has 0 aliphatic rings. The van der Waals surface area contributed by atoms with Gasteiger partial charge in [-0.15, -0.1) is 0 Å². The maximum absolute atomic E-state index is 9.87. The van der Waals surface area contributed by atoms with Crippen molar-refractivity contribution in [2.75, 3.05) is 5.32 Å². The highest BCUT2D eigenvalue weighted by Gasteiger charge is 1.91. The first-order valence-electron chi connectivity index (χ1n) is 2.53. The van der Waals surface area contributed by atoms with Crippen LogP contribution in [0.3, 0.4) is 0 Å². The van der Waals surface area contributed by atoms with E-state index in [0.717, 1.165) is 0 Å². The predicted molar refractivity (Wildman–Crippen MR) is 32.9 cm³/mol. The first kappa shape index (κ1) is 5.81. The Morgan fingerprint density at radius 3 is 3.11 bits per heavy atom. The van der Waals surface area contributed by atoms with Gasteiger partial charge in [0.05, 0.1) is 6.20 Å². The summed E-state index contributed by atoms with van der Waals surface area (Å²) < 4.78 is 1.58. The van der Waals surface area contributed by atoms with Crippen LogP contribution in [0.2, 0.25) is 0 Å². The van der Waals surface area contributed by atoms with Gasteiger partial charge in [0.15, 0.2) is 0 Å². The molecule has 1 rings (SSSR count). The molecule has 48 valence electrons. The van der Waals surface area contributed by atoms with Gasteiger partial charge in [-0.3, -0.25) is 9.48 Å². The first-order chi connectivity index (χ1) is 4.34. The third-order valence-electron chi connectivity index (χ3n) is 1.03. The van der Waals surface area contributed by atoms with Gasteiger partial charge in [0.25, 0.3) is 0 Å². The van der Waals surface area contributed by atoms with Crippen LogP contribution in [-0.2, 0) is 11.8 Å². The average molecular weight is 125 g/mol. The maximum Gasteiger partial charge on any atom is 0.212 e. The third-order valence-corrected chi connectivity index (χ3v) is 1.03. The second kappa shape index (κ2) is 2.30. The summed E-state index contributed by atoms with van der Waals surface area (Å²) in [4.78, 5) is 9.87. The number of amides is 1. The molecule has 0 fully saturated rings. The second-order valence-electron chi connectivity index (χ2n) is 1.60. The molecule has 0 unspecified atom stereocenters. The van der Waals surface area contributed by atoms with E-state index in [2.05, 4.69) is 10.4 Å². The minimum atomic E-state index is 0.622. The number of carbonyl (C=O) groups is 1. The maximum atomic E-state index is 9.87. The van der Waals surface area contributed by atoms with Crippen molar-refractivity contribution >= 4 is 12.2 Å². The van der Waals surface area contributed by atoms with Gasteiger partial charge in [-0.1, -0.05) is 0 Å². The lowest BCUT2D eigenvalue weighted by molar-refractivity contribution is -0.105. The molecule has 4 heteroatoms. The first-order valence-corrected chi connectivity index (χ1v) is 2.53. The fourth-order valence-corrected chi connectivity index (χ4v) is 0.576. The van der Waals surface area contributed by atoms with E-state index in [1.54, 1.807) is 24.0 Å². The van der Waals surface area contributed by atoms with E-state index in [9.17, 15) is 4.79 Å². The van der Waals surface area contributed by atoms with E-state index >= 15 is 0 Å². The quantitative estimate of drug-likeness (QED) is 0.565. The van der Waals surface area contributed by atoms with Crippen molar-refractivity contribution in [3.8, 4) is 0 Å². The zero-order valence-corrected chi connectivity index (χ0v) is 5.03. The van der Waals surface area contributed by atoms with E-state index in [0.29, 0.717) is 12.2 Å². The molecule has 0 radical (unpaired) electrons. The summed E-state index contributed by atoms with van der Waals surface area (Å²) in [6.07, 6.45) is 2.24. The number of aromatic nitrogens is 2. The Morgan fingerprint density at radius 1 is 1.89 bits per heavy atom. The van der Waals surface area contributed by atoms with Gasteiger partial charge < -0.3 is 5.32 Å². The van der Waals surface area contributed by atoms with Crippen molar-refractivity contribution < 1.29 is 4.79 Å². The van der Waals surface area contributed by atoms with Gasteiger partial charge in [-0.25, -0.2) is 0 Å². The highest BCUT2D eigenvalue weighted by atomic mass is 16.1. The number of nitrogens with one attached hydrogen (secondary N) is 1. The van der Waals surface area contributed by atoms with E-state index in [-0.39, 0.29) is 0 Å². The standard InChI is InChI=1S/C5H7N3O/c1-8-5(6-4-9)2-3-7-8/h2-4H,1H3,(H,6,9). The summed E-state index contributed by atoms with van der Waals surface area (Å²) in [5.41, 5.74) is 0. The lowest BCUT2D eigenvalue weighted by atomic mass is 10.6. The Hall–Kier alpha value is -1.32. The van der Waals surface area contributed by atoms with Gasteiger partial charge in [-0.2, -0.15) is 5.10 Å². The van der Waals surface area contributed by atoms with Crippen LogP contribution in [0.15, 0.2) is 12.3 Å². The third kappa shape index (κ3) is 1.07. The second-order valence-corrected chi connectivity index (χ2v) is 1.60. The lowest BCUT2D eigenvalue weighted by Gasteiger charge is -1.95. The SMILES string of the molecule is Cn1nccc1NC=O. The summed E-state index contributed by atoms with van der Waals surface area (Å²) in [5, 5.41) is 6.31. The summed E-state index contributed by atoms with van der Waals surface area (Å²) in [5.74, 6) is 0.699. The van der Waals surface area contributed by atoms with Crippen molar-refractivity contribution in [1.82, 2.24) is 9.78 Å². The van der Waals surface area contributed by atoms with Crippen molar-refractivity contribution in [3.63, 3.8) is 0 Å². The molecule has 1 amide bonds. The summed E-state index contributed by atoms with van der Waals surface area (Å²) >= 11 is 0. The summed E-state index contributed by atoms with van der Waals surface area (Å²) in [6, 6.07) is 1.72. The molecule has 0 spiro atoms. The monoisotopic (exact) mass is 125 g/mol. The van der Waals surface area contributed by atoms with Crippen LogP contribution in [0.1, 0.15) is 0 Å². The molecular formula is C5H7N3O. The average Bonchev–Trinajstić information content (AvgIpc) is 2.18. The molecule has 0 atom stereocenters. The molecule has 1 aromatic heterocycles. The largest absolute Gasteiger partial charge is 0.314 e. The van der Waals surface area contributed by atoms with Crippen molar-refractivity contribution in [1.29, 1.82) is 0 Å². The van der Waals surface area contributed by atoms with E-state index in [4.69, 9.17) is 0 Å². The minimum Gasteiger partial charge on any atom is -0.314 e. The number of anilines is 1. The Morgan fingerprint density at radius 2 is 2.67 bits per heavy atom. The fourth-order valence-electron chi connectivity index (χ4n) is 0.576. The van der Waals surface area contributed by atoms with E-state index < -0.39 is 0 Å². The Kier molecular flexibility index (Phi) is 1.48. The molecule has 0 aromatic carbocycles. The number of hydrogen-bond acceptors (Lipinski definition) is 2. The molecule has 0 bridgehead atoms. The number of aryl methyl sites for hydroxylation is 1. The van der Waals surface area contributed by atoms with Gasteiger partial charge in [0, 0.05) is 13.1 Å². The van der Waals surface area contributed by atoms with Gasteiger partial charge in [0.1, 0.15) is 5.82 Å². The van der Waals surface area contributed by atoms with Crippen molar-refractivity contribution in [2.24, 2.45) is 7.05 Å². The van der Waals surface area contributed by atoms with E-state index in [1.165, 1.54) is 0 Å². The molecular weight excluding hydrogens is 118 g/mol. The van der Waals surface area contributed by atoms with Crippen LogP contribution in [0.25, 0.3) is 0 Å². The van der Waals surface area contributed by atoms with Gasteiger partial charge >= 0.3 is 0 Å². The lowest BCUT2D eigenvalue weighted by Crippen LogP contribution is -2.00. The van der Waals surface area contributed by atoms with E-state index in [1.807, 2.05) is 0 Å². The Bertz CT molecular complexity index is 206. The zero-order chi connectivity index (χ0) is 6.69. The zero-order valence-electron chi connectivity index (χ0n) is 5.03. The topological polar surface area (TPSA) is 46.9 Å². The molecule has 0 aliphatic carbocycles. The smallest absolute Gasteiger partial charge is 0.212 e. The normalized spacial score (nSPS) is 9.00. The van der Waals surface area contributed by atoms with Crippen LogP contribution in [0.4, 0.5) is 5.82 Å². The molecule has 1 N–H and O–H groups in total. The molecule has 0 aliphatic heterocycles. The molecule has 1 aromatic rings. The van der Waals surface area contributed by atoms with Crippen LogP contribution >= 0.6 is 0 Å². The van der Waals surface area contributed by atoms with Crippen molar-refractivity contribution in [3.05, 3.63) is 12.3 Å². The number of nitrogens with zero attached hydrogens (tertiary/aromatic N) is 2. The highest BCUT2D eigenvalue weighted by molar-refractivity contribution is 5.68. The summed E-state index contributed by atoms with van der Waals surface area (Å²) in [6.45, 7) is 0. The molecule has 4 nitrogen and oxygen atoms in total. The Balaban J connectivity index is 2.80. The van der Waals surface area contributed by atoms with Gasteiger partial charge in [0.2, 0.25) is 6.41 Å². The minimum absolute atomic E-state index is 0.622. The van der Waals surface area contributed by atoms with Crippen LogP contribution < -0.4 is 5.32 Å². The molecule has 0 saturated heterocycles. The number of rotatable bonds is 2. The molecule has 0 saturated carbocycles. The molecule has 9 heavy (non-hydrogen) atoms. The Labute approximate surface area is 52.5 Å². The number of carbonyl (C=O) groups excluding carboxylic acids is 1. The van der Waals surface area contributed by atoms with Crippen LogP contribution in [0, 0.1) is 0 Å². The van der Waals surface area contributed by atoms with Gasteiger partial charge in [-0.05, 0) is 0 Å². The molecule has 1 heterocycles. The van der Waals surface area contributed by atoms with Crippen molar-refractivity contribution in [2.45, 2.75) is 0 Å². The van der Waals surface area contributed by atoms with Crippen LogP contribution in [-0.4, -0.2) is 16.2 Å². The summed E-state index contributed by atoms with van der Waals surface area (Å²) in [7, 11) is 1.76. The predicted octanol–water partition coefficient (Wildman–Crippen LogP) is -0.0116. The number of hydrogen-bond donors (Lipinski definition) is 1.